The molecule has 19 heavy (non-hydrogen) atoms. The van der Waals surface area contributed by atoms with Gasteiger partial charge in [-0.15, -0.1) is 0 Å². The lowest BCUT2D eigenvalue weighted by atomic mass is 9.85. The number of rotatable bonds is 4. The van der Waals surface area contributed by atoms with Crippen LogP contribution >= 0.6 is 0 Å². The zero-order valence-corrected chi connectivity index (χ0v) is 12.2. The van der Waals surface area contributed by atoms with Crippen molar-refractivity contribution in [2.24, 2.45) is 5.92 Å². The molecule has 104 valence electrons. The number of nitrogens with zero attached hydrogens (tertiary/aromatic N) is 1. The van der Waals surface area contributed by atoms with E-state index in [9.17, 15) is 5.11 Å². The molecule has 0 radical (unpaired) electrons. The van der Waals surface area contributed by atoms with E-state index in [1.54, 1.807) is 0 Å². The van der Waals surface area contributed by atoms with Crippen molar-refractivity contribution in [3.63, 3.8) is 0 Å². The van der Waals surface area contributed by atoms with E-state index in [-0.39, 0.29) is 0 Å². The van der Waals surface area contributed by atoms with Crippen LogP contribution in [0.2, 0.25) is 0 Å². The molecule has 1 saturated carbocycles. The Bertz CT molecular complexity index is 457. The summed E-state index contributed by atoms with van der Waals surface area (Å²) in [7, 11) is 0. The van der Waals surface area contributed by atoms with Crippen molar-refractivity contribution in [2.75, 3.05) is 18.0 Å². The van der Waals surface area contributed by atoms with Gasteiger partial charge < -0.3 is 10.0 Å². The van der Waals surface area contributed by atoms with E-state index in [2.05, 4.69) is 23.1 Å². The molecule has 0 amide bonds. The predicted molar refractivity (Wildman–Crippen MR) is 79.7 cm³/mol. The maximum atomic E-state index is 9.96. The van der Waals surface area contributed by atoms with Crippen LogP contribution in [0.4, 0.5) is 5.69 Å². The van der Waals surface area contributed by atoms with E-state index in [0.29, 0.717) is 0 Å². The first-order valence-electron chi connectivity index (χ1n) is 7.60. The zero-order chi connectivity index (χ0) is 13.5. The molecule has 1 aromatic rings. The van der Waals surface area contributed by atoms with Crippen LogP contribution in [0.3, 0.4) is 0 Å². The Morgan fingerprint density at radius 3 is 2.74 bits per heavy atom. The molecule has 3 rings (SSSR count). The molecule has 1 N–H and O–H groups in total. The van der Waals surface area contributed by atoms with Crippen LogP contribution < -0.4 is 4.90 Å². The fourth-order valence-electron chi connectivity index (χ4n) is 3.28. The third-order valence-corrected chi connectivity index (χ3v) is 4.48. The maximum Gasteiger partial charge on any atom is 0.0631 e. The summed E-state index contributed by atoms with van der Waals surface area (Å²) >= 11 is 0. The number of hydrogen-bond acceptors (Lipinski definition) is 2. The van der Waals surface area contributed by atoms with Crippen LogP contribution in [0, 0.1) is 5.92 Å². The molecule has 1 aliphatic heterocycles. The summed E-state index contributed by atoms with van der Waals surface area (Å²) in [5.74, 6) is 0.920. The quantitative estimate of drug-likeness (QED) is 0.898. The average Bonchev–Trinajstić information content (AvgIpc) is 2.64. The highest BCUT2D eigenvalue weighted by Crippen LogP contribution is 2.34. The number of anilines is 1. The lowest BCUT2D eigenvalue weighted by Crippen LogP contribution is -2.31. The Kier molecular flexibility index (Phi) is 3.30. The van der Waals surface area contributed by atoms with Gasteiger partial charge >= 0.3 is 0 Å². The highest BCUT2D eigenvalue weighted by atomic mass is 16.3. The summed E-state index contributed by atoms with van der Waals surface area (Å²) in [5.41, 5.74) is 3.55. The van der Waals surface area contributed by atoms with Crippen LogP contribution in [0.5, 0.6) is 0 Å². The molecule has 2 aliphatic rings. The van der Waals surface area contributed by atoms with Gasteiger partial charge in [0.25, 0.3) is 0 Å². The highest BCUT2D eigenvalue weighted by molar-refractivity contribution is 5.59. The van der Waals surface area contributed by atoms with Crippen molar-refractivity contribution in [2.45, 2.75) is 51.6 Å². The van der Waals surface area contributed by atoms with Crippen molar-refractivity contribution in [1.82, 2.24) is 0 Å². The molecule has 1 fully saturated rings. The van der Waals surface area contributed by atoms with Gasteiger partial charge in [0.05, 0.1) is 5.60 Å². The van der Waals surface area contributed by atoms with Crippen molar-refractivity contribution >= 4 is 5.69 Å². The third kappa shape index (κ3) is 2.94. The Balaban J connectivity index is 1.76. The SMILES string of the molecule is CC(C)(O)Cc1ccc2c(c1)N(CC1CCC1)CC2. The topological polar surface area (TPSA) is 23.5 Å². The van der Waals surface area contributed by atoms with Crippen LogP contribution in [0.15, 0.2) is 18.2 Å². The van der Waals surface area contributed by atoms with E-state index in [1.165, 1.54) is 55.6 Å². The minimum atomic E-state index is -0.619. The monoisotopic (exact) mass is 259 g/mol. The Morgan fingerprint density at radius 1 is 1.32 bits per heavy atom. The van der Waals surface area contributed by atoms with E-state index >= 15 is 0 Å². The number of benzene rings is 1. The molecule has 2 nitrogen and oxygen atoms in total. The van der Waals surface area contributed by atoms with Crippen molar-refractivity contribution in [1.29, 1.82) is 0 Å². The van der Waals surface area contributed by atoms with E-state index < -0.39 is 5.60 Å². The molecule has 0 spiro atoms. The minimum Gasteiger partial charge on any atom is -0.390 e. The molecule has 1 aromatic carbocycles. The van der Waals surface area contributed by atoms with Gasteiger partial charge in [0.1, 0.15) is 0 Å². The Morgan fingerprint density at radius 2 is 2.11 bits per heavy atom. The van der Waals surface area contributed by atoms with Gasteiger partial charge in [-0.2, -0.15) is 0 Å². The predicted octanol–water partition coefficient (Wildman–Crippen LogP) is 3.16. The summed E-state index contributed by atoms with van der Waals surface area (Å²) in [6.45, 7) is 6.18. The molecule has 1 aliphatic carbocycles. The molecule has 0 saturated heterocycles. The normalized spacial score (nSPS) is 19.4. The minimum absolute atomic E-state index is 0.619. The lowest BCUT2D eigenvalue weighted by molar-refractivity contribution is 0.0810. The van der Waals surface area contributed by atoms with Crippen LogP contribution in [-0.2, 0) is 12.8 Å². The molecular weight excluding hydrogens is 234 g/mol. The second-order valence-corrected chi connectivity index (χ2v) is 6.95. The molecule has 0 bridgehead atoms. The standard InChI is InChI=1S/C17H25NO/c1-17(2,19)11-14-6-7-15-8-9-18(16(15)10-14)12-13-4-3-5-13/h6-7,10,13,19H,3-5,8-9,11-12H2,1-2H3. The van der Waals surface area contributed by atoms with Crippen LogP contribution in [0.1, 0.15) is 44.2 Å². The number of aliphatic hydroxyl groups is 1. The van der Waals surface area contributed by atoms with E-state index in [4.69, 9.17) is 0 Å². The molecule has 0 atom stereocenters. The van der Waals surface area contributed by atoms with Gasteiger partial charge in [0.15, 0.2) is 0 Å². The fourth-order valence-corrected chi connectivity index (χ4v) is 3.28. The molecule has 0 aromatic heterocycles. The molecule has 2 heteroatoms. The largest absolute Gasteiger partial charge is 0.390 e. The maximum absolute atomic E-state index is 9.96. The number of fused-ring (bicyclic) bond motifs is 1. The number of hydrogen-bond donors (Lipinski definition) is 1. The average molecular weight is 259 g/mol. The second kappa shape index (κ2) is 4.82. The first-order chi connectivity index (χ1) is 9.01. The first kappa shape index (κ1) is 13.0. The molecule has 0 unspecified atom stereocenters. The zero-order valence-electron chi connectivity index (χ0n) is 12.2. The Labute approximate surface area is 116 Å². The van der Waals surface area contributed by atoms with Crippen molar-refractivity contribution < 1.29 is 5.11 Å². The smallest absolute Gasteiger partial charge is 0.0631 e. The van der Waals surface area contributed by atoms with E-state index in [1.807, 2.05) is 13.8 Å². The Hall–Kier alpha value is -1.02. The van der Waals surface area contributed by atoms with Gasteiger partial charge in [0.2, 0.25) is 0 Å². The van der Waals surface area contributed by atoms with Gasteiger partial charge in [-0.1, -0.05) is 18.6 Å². The lowest BCUT2D eigenvalue weighted by Gasteiger charge is -2.31. The second-order valence-electron chi connectivity index (χ2n) is 6.95. The van der Waals surface area contributed by atoms with Crippen molar-refractivity contribution in [3.05, 3.63) is 29.3 Å². The molecule has 1 heterocycles. The summed E-state index contributed by atoms with van der Waals surface area (Å²) in [4.78, 5) is 2.56. The van der Waals surface area contributed by atoms with Crippen molar-refractivity contribution in [3.8, 4) is 0 Å². The van der Waals surface area contributed by atoms with Gasteiger partial charge in [-0.25, -0.2) is 0 Å². The molecular formula is C17H25NO. The third-order valence-electron chi connectivity index (χ3n) is 4.48. The highest BCUT2D eigenvalue weighted by Gasteiger charge is 2.26. The van der Waals surface area contributed by atoms with Gasteiger partial charge in [-0.05, 0) is 56.2 Å². The summed E-state index contributed by atoms with van der Waals surface area (Å²) < 4.78 is 0. The summed E-state index contributed by atoms with van der Waals surface area (Å²) in [5, 5.41) is 9.96. The van der Waals surface area contributed by atoms with Gasteiger partial charge in [0, 0.05) is 25.2 Å². The van der Waals surface area contributed by atoms with Crippen LogP contribution in [-0.4, -0.2) is 23.8 Å². The first-order valence-corrected chi connectivity index (χ1v) is 7.60. The summed E-state index contributed by atoms with van der Waals surface area (Å²) in [6, 6.07) is 6.75. The van der Waals surface area contributed by atoms with E-state index in [0.717, 1.165) is 12.3 Å². The van der Waals surface area contributed by atoms with Crippen LogP contribution in [0.25, 0.3) is 0 Å². The summed E-state index contributed by atoms with van der Waals surface area (Å²) in [6.07, 6.45) is 6.16. The van der Waals surface area contributed by atoms with Gasteiger partial charge in [-0.3, -0.25) is 0 Å². The fraction of sp³-hybridized carbons (Fsp3) is 0.647.